The van der Waals surface area contributed by atoms with E-state index in [4.69, 9.17) is 0 Å². The third-order valence-electron chi connectivity index (χ3n) is 4.31. The van der Waals surface area contributed by atoms with Gasteiger partial charge in [0, 0.05) is 24.3 Å². The topological polar surface area (TPSA) is 41.1 Å². The molecule has 0 saturated carbocycles. The second kappa shape index (κ2) is 7.02. The van der Waals surface area contributed by atoms with Crippen LogP contribution in [0.2, 0.25) is 0 Å². The van der Waals surface area contributed by atoms with Crippen molar-refractivity contribution < 1.29 is 0 Å². The third kappa shape index (κ3) is 3.92. The summed E-state index contributed by atoms with van der Waals surface area (Å²) in [6, 6.07) is 2.65. The van der Waals surface area contributed by atoms with Gasteiger partial charge in [0.25, 0.3) is 0 Å². The van der Waals surface area contributed by atoms with Crippen molar-refractivity contribution in [3.63, 3.8) is 0 Å². The van der Waals surface area contributed by atoms with Crippen molar-refractivity contribution in [2.45, 2.75) is 59.5 Å². The zero-order chi connectivity index (χ0) is 14.5. The van der Waals surface area contributed by atoms with Crippen LogP contribution in [0.5, 0.6) is 0 Å². The smallest absolute Gasteiger partial charge is 0.144 e. The highest BCUT2D eigenvalue weighted by Gasteiger charge is 2.25. The van der Waals surface area contributed by atoms with Gasteiger partial charge in [0.05, 0.1) is 6.54 Å². The zero-order valence-corrected chi connectivity index (χ0v) is 13.3. The summed E-state index contributed by atoms with van der Waals surface area (Å²) >= 11 is 0. The first kappa shape index (κ1) is 15.2. The Morgan fingerprint density at radius 1 is 1.35 bits per heavy atom. The van der Waals surface area contributed by atoms with E-state index in [0.29, 0.717) is 6.04 Å². The van der Waals surface area contributed by atoms with E-state index in [1.165, 1.54) is 19.4 Å². The summed E-state index contributed by atoms with van der Waals surface area (Å²) in [5.41, 5.74) is 1.05. The first-order valence-electron chi connectivity index (χ1n) is 7.92. The highest BCUT2D eigenvalue weighted by atomic mass is 15.2. The molecule has 1 saturated heterocycles. The molecule has 2 heterocycles. The minimum atomic E-state index is 0.625. The Labute approximate surface area is 123 Å². The molecule has 1 aliphatic rings. The van der Waals surface area contributed by atoms with Crippen molar-refractivity contribution in [1.29, 1.82) is 0 Å². The molecule has 2 unspecified atom stereocenters. The van der Waals surface area contributed by atoms with E-state index >= 15 is 0 Å². The molecule has 0 bridgehead atoms. The van der Waals surface area contributed by atoms with Crippen molar-refractivity contribution in [2.24, 2.45) is 5.92 Å². The highest BCUT2D eigenvalue weighted by Crippen LogP contribution is 2.24. The second-order valence-corrected chi connectivity index (χ2v) is 6.07. The van der Waals surface area contributed by atoms with Crippen LogP contribution in [0, 0.1) is 12.8 Å². The van der Waals surface area contributed by atoms with Gasteiger partial charge in [0.15, 0.2) is 0 Å². The molecule has 1 N–H and O–H groups in total. The third-order valence-corrected chi connectivity index (χ3v) is 4.31. The monoisotopic (exact) mass is 276 g/mol. The Balaban J connectivity index is 2.06. The molecule has 20 heavy (non-hydrogen) atoms. The average Bonchev–Trinajstić information content (AvgIpc) is 2.41. The van der Waals surface area contributed by atoms with Crippen LogP contribution in [-0.2, 0) is 6.54 Å². The van der Waals surface area contributed by atoms with Crippen molar-refractivity contribution in [2.75, 3.05) is 18.4 Å². The van der Waals surface area contributed by atoms with Gasteiger partial charge in [-0.25, -0.2) is 9.97 Å². The normalized spacial score (nSPS) is 23.8. The van der Waals surface area contributed by atoms with Crippen LogP contribution in [0.15, 0.2) is 6.07 Å². The van der Waals surface area contributed by atoms with Crippen molar-refractivity contribution >= 4 is 5.82 Å². The predicted molar refractivity (Wildman–Crippen MR) is 83.8 cm³/mol. The summed E-state index contributed by atoms with van der Waals surface area (Å²) < 4.78 is 0. The lowest BCUT2D eigenvalue weighted by molar-refractivity contribution is 0.104. The van der Waals surface area contributed by atoms with E-state index in [1.54, 1.807) is 0 Å². The van der Waals surface area contributed by atoms with Gasteiger partial charge >= 0.3 is 0 Å². The second-order valence-electron chi connectivity index (χ2n) is 6.07. The number of nitrogens with zero attached hydrogens (tertiary/aromatic N) is 3. The van der Waals surface area contributed by atoms with E-state index in [9.17, 15) is 0 Å². The van der Waals surface area contributed by atoms with Crippen LogP contribution in [-0.4, -0.2) is 34.0 Å². The van der Waals surface area contributed by atoms with E-state index in [2.05, 4.69) is 41.0 Å². The minimum Gasteiger partial charge on any atom is -0.370 e. The van der Waals surface area contributed by atoms with Gasteiger partial charge in [0.1, 0.15) is 11.6 Å². The molecule has 2 atom stereocenters. The van der Waals surface area contributed by atoms with E-state index in [-0.39, 0.29) is 0 Å². The Hall–Kier alpha value is -1.16. The molecule has 112 valence electrons. The highest BCUT2D eigenvalue weighted by molar-refractivity contribution is 5.35. The fraction of sp³-hybridized carbons (Fsp3) is 0.750. The van der Waals surface area contributed by atoms with E-state index in [0.717, 1.165) is 42.8 Å². The predicted octanol–water partition coefficient (Wildman–Crippen LogP) is 3.23. The zero-order valence-electron chi connectivity index (χ0n) is 13.3. The van der Waals surface area contributed by atoms with E-state index < -0.39 is 0 Å². The van der Waals surface area contributed by atoms with Gasteiger partial charge in [-0.05, 0) is 45.6 Å². The van der Waals surface area contributed by atoms with Gasteiger partial charge < -0.3 is 5.32 Å². The van der Waals surface area contributed by atoms with Crippen LogP contribution in [0.25, 0.3) is 0 Å². The van der Waals surface area contributed by atoms with Crippen LogP contribution in [0.4, 0.5) is 5.82 Å². The van der Waals surface area contributed by atoms with Crippen LogP contribution in [0.1, 0.15) is 51.6 Å². The lowest BCUT2D eigenvalue weighted by Crippen LogP contribution is -2.42. The molecule has 4 nitrogen and oxygen atoms in total. The summed E-state index contributed by atoms with van der Waals surface area (Å²) in [6.45, 7) is 11.9. The molecule has 0 aromatic carbocycles. The Bertz CT molecular complexity index is 432. The number of hydrogen-bond acceptors (Lipinski definition) is 4. The maximum atomic E-state index is 4.66. The van der Waals surface area contributed by atoms with Crippen LogP contribution in [0.3, 0.4) is 0 Å². The van der Waals surface area contributed by atoms with Crippen LogP contribution < -0.4 is 5.32 Å². The number of aromatic nitrogens is 2. The number of aryl methyl sites for hydroxylation is 1. The average molecular weight is 276 g/mol. The summed E-state index contributed by atoms with van der Waals surface area (Å²) in [6.07, 6.45) is 3.74. The molecule has 2 rings (SSSR count). The molecule has 0 amide bonds. The van der Waals surface area contributed by atoms with E-state index in [1.807, 2.05) is 13.0 Å². The minimum absolute atomic E-state index is 0.625. The molecular weight excluding hydrogens is 248 g/mol. The summed E-state index contributed by atoms with van der Waals surface area (Å²) in [5.74, 6) is 2.68. The van der Waals surface area contributed by atoms with Crippen molar-refractivity contribution in [1.82, 2.24) is 14.9 Å². The molecule has 0 spiro atoms. The summed E-state index contributed by atoms with van der Waals surface area (Å²) in [5, 5.41) is 3.36. The van der Waals surface area contributed by atoms with Crippen LogP contribution >= 0.6 is 0 Å². The fourth-order valence-electron chi connectivity index (χ4n) is 2.87. The lowest BCUT2D eigenvalue weighted by atomic mass is 9.92. The van der Waals surface area contributed by atoms with Gasteiger partial charge in [-0.2, -0.15) is 0 Å². The molecule has 0 radical (unpaired) electrons. The van der Waals surface area contributed by atoms with Gasteiger partial charge in [-0.1, -0.05) is 13.8 Å². The number of anilines is 1. The molecule has 1 aromatic heterocycles. The SMILES string of the molecule is CCCNc1cc(C)nc(CN2CCCC(C)C2C)n1. The molecule has 1 aromatic rings. The number of nitrogens with one attached hydrogen (secondary N) is 1. The molecule has 0 aliphatic carbocycles. The Morgan fingerprint density at radius 3 is 2.90 bits per heavy atom. The molecule has 1 fully saturated rings. The lowest BCUT2D eigenvalue weighted by Gasteiger charge is -2.37. The number of rotatable bonds is 5. The number of likely N-dealkylation sites (tertiary alicyclic amines) is 1. The van der Waals surface area contributed by atoms with Crippen molar-refractivity contribution in [3.8, 4) is 0 Å². The van der Waals surface area contributed by atoms with Crippen molar-refractivity contribution in [3.05, 3.63) is 17.6 Å². The largest absolute Gasteiger partial charge is 0.370 e. The van der Waals surface area contributed by atoms with Gasteiger partial charge in [-0.15, -0.1) is 0 Å². The summed E-state index contributed by atoms with van der Waals surface area (Å²) in [7, 11) is 0. The quantitative estimate of drug-likeness (QED) is 0.896. The standard InChI is InChI=1S/C16H28N4/c1-5-8-17-15-10-13(3)18-16(19-15)11-20-9-6-7-12(2)14(20)4/h10,12,14H,5-9,11H2,1-4H3,(H,17,18,19). The fourth-order valence-corrected chi connectivity index (χ4v) is 2.87. The van der Waals surface area contributed by atoms with Gasteiger partial charge in [0.2, 0.25) is 0 Å². The Kier molecular flexibility index (Phi) is 5.35. The maximum Gasteiger partial charge on any atom is 0.144 e. The Morgan fingerprint density at radius 2 is 2.15 bits per heavy atom. The maximum absolute atomic E-state index is 4.66. The molecule has 4 heteroatoms. The number of hydrogen-bond donors (Lipinski definition) is 1. The van der Waals surface area contributed by atoms with Gasteiger partial charge in [-0.3, -0.25) is 4.90 Å². The molecular formula is C16H28N4. The summed E-state index contributed by atoms with van der Waals surface area (Å²) in [4.78, 5) is 11.8. The number of piperidine rings is 1. The first-order chi connectivity index (χ1) is 9.60. The molecule has 1 aliphatic heterocycles. The first-order valence-corrected chi connectivity index (χ1v) is 7.92.